The normalized spacial score (nSPS) is 19.4. The van der Waals surface area contributed by atoms with Gasteiger partial charge in [0.15, 0.2) is 12.3 Å². The summed E-state index contributed by atoms with van der Waals surface area (Å²) >= 11 is 0. The van der Waals surface area contributed by atoms with Gasteiger partial charge in [-0.1, -0.05) is 95.2 Å². The third-order valence-corrected chi connectivity index (χ3v) is 30.9. The molecule has 35 nitrogen and oxygen atoms in total. The van der Waals surface area contributed by atoms with Gasteiger partial charge in [-0.3, -0.25) is 38.6 Å². The van der Waals surface area contributed by atoms with Gasteiger partial charge in [0, 0.05) is 179 Å². The number of ether oxygens (including phenoxy) is 1. The number of rotatable bonds is 39. The number of unbranched alkanes of at least 4 members (excludes halogenated alkanes) is 4. The molecule has 143 heavy (non-hydrogen) atoms. The van der Waals surface area contributed by atoms with Crippen LogP contribution in [0.15, 0.2) is 201 Å². The maximum absolute atomic E-state index is 13.2. The number of imide groups is 2. The van der Waals surface area contributed by atoms with E-state index in [0.717, 1.165) is 144 Å². The summed E-state index contributed by atoms with van der Waals surface area (Å²) in [6.45, 7) is 22.4. The van der Waals surface area contributed by atoms with Crippen molar-refractivity contribution >= 4 is 130 Å². The molecule has 0 atom stereocenters. The van der Waals surface area contributed by atoms with Gasteiger partial charge in [0.05, 0.1) is 68.6 Å². The number of carboxylic acids is 1. The van der Waals surface area contributed by atoms with Gasteiger partial charge in [0.2, 0.25) is 17.3 Å². The van der Waals surface area contributed by atoms with Crippen LogP contribution in [0.5, 0.6) is 0 Å². The summed E-state index contributed by atoms with van der Waals surface area (Å²) in [5.74, 6) is -4.50. The Labute approximate surface area is 929 Å². The number of carboxylic acid groups (broad SMARTS) is 1. The number of aliphatic hydroxyl groups is 1. The SMILES string of the molecule is Cc1ccc2c(c1)C(C)(C)C(=CC=C1CCC/C(=C\C=C3\N(CCCCS(=O)(=O)[O-])c4ccc(S(=O)(=O)[O-])cc4C3(C)C)C1=[N+](C)CCO)N2CCCCS(=O)(=O)[O-].Cc1ccc2c(c1)C(C)(C)C(=CC=C1CCCC(C=CC3=[N+](CCCCS(=O)(=O)[O-])c4ccc(S(=O)(=O)[O-])cc4C3(C)C)=C1OCCN(C)C(=O)CCN1C(=O)C=CC1=O)N2CCCCS(=O)(=O)[O-].O=C(O)CCN1C(=O)C=CC1=O.[Na+].[Na+].[Na+].[Na+]. The van der Waals surface area contributed by atoms with Crippen molar-refractivity contribution in [3.63, 3.8) is 0 Å². The Bertz CT molecular complexity index is 6620. The average Bonchev–Trinajstić information content (AvgIpc) is 1.60. The van der Waals surface area contributed by atoms with E-state index in [1.54, 1.807) is 19.2 Å². The molecule has 6 aliphatic heterocycles. The first-order valence-electron chi connectivity index (χ1n) is 45.9. The standard InChI is InChI=1S/C49H62N4O13S3.C42H57N3O10S3.C7H7NO4.4Na/c1-34-14-18-40-38(32-34)48(2,3)42(51(40)25-7-9-30-67(57,58)59)20-15-35-12-11-13-36(47(35)66-29-28-50(6)44(54)24-27-53-45(55)22-23-46(53)56)16-21-43-49(4,5)39-33-37(69(63,64)65)17-19-41(39)52(43)26-8-10-31-68(60,61)62;1-30-14-18-36-34(28-30)41(2,3)38(44(36)22-7-9-26-56(47,48)49)20-15-31-12-11-13-32(40(31)43(6)24-25-46)16-21-39-42(4,5)35-29-33(58(53,54)55)17-19-37(35)45(39)23-8-10-27-57(50,51)52;9-5-1-2-6(10)8(5)4-3-7(11)12;;;;/h14-23,32-33H,7-13,24-31H2,1-6H3,(H2-,57,58,59,60,61,62,63,64,65);14-21,28-29,46H,7-13,22-27H2,1-6H3,(H2-,47,48,49,50,51,52,53,54,55);1-2H,3-4H2,(H,11,12);;;;/q;;;4*+1/p-4. The molecular formula is C98H122N8Na4O27S6. The smallest absolute Gasteiger partial charge is 0.748 e. The third-order valence-electron chi connectivity index (χ3n) is 26.1. The summed E-state index contributed by atoms with van der Waals surface area (Å²) in [7, 11) is -23.5. The second kappa shape index (κ2) is 52.3. The minimum absolute atomic E-state index is 0. The van der Waals surface area contributed by atoms with Gasteiger partial charge in [0.1, 0.15) is 52.8 Å². The topological polar surface area (TPSA) is 521 Å². The third kappa shape index (κ3) is 33.0. The summed E-state index contributed by atoms with van der Waals surface area (Å²) < 4.78 is 220. The van der Waals surface area contributed by atoms with Crippen molar-refractivity contribution in [2.45, 2.75) is 203 Å². The van der Waals surface area contributed by atoms with Crippen LogP contribution >= 0.6 is 0 Å². The molecule has 6 heterocycles. The Kier molecular flexibility index (Phi) is 45.7. The van der Waals surface area contributed by atoms with E-state index in [0.29, 0.717) is 93.0 Å². The Hall–Kier alpha value is -6.54. The molecule has 8 aliphatic rings. The zero-order valence-corrected chi connectivity index (χ0v) is 97.1. The zero-order valence-electron chi connectivity index (χ0n) is 84.2. The van der Waals surface area contributed by atoms with Crippen molar-refractivity contribution in [1.82, 2.24) is 14.7 Å². The molecule has 4 aromatic carbocycles. The molecule has 756 valence electrons. The minimum Gasteiger partial charge on any atom is -0.748 e. The number of fused-ring (bicyclic) bond motifs is 4. The van der Waals surface area contributed by atoms with Crippen molar-refractivity contribution in [1.29, 1.82) is 0 Å². The largest absolute Gasteiger partial charge is 1.00 e. The predicted octanol–water partition coefficient (Wildman–Crippen LogP) is -1.95. The maximum atomic E-state index is 13.2. The molecule has 45 heteroatoms. The van der Waals surface area contributed by atoms with Gasteiger partial charge < -0.3 is 61.9 Å². The van der Waals surface area contributed by atoms with Crippen LogP contribution < -0.4 is 133 Å². The molecule has 0 aromatic heterocycles. The van der Waals surface area contributed by atoms with E-state index in [2.05, 4.69) is 73.9 Å². The van der Waals surface area contributed by atoms with Crippen LogP contribution in [0.3, 0.4) is 0 Å². The van der Waals surface area contributed by atoms with Gasteiger partial charge in [-0.05, 0) is 206 Å². The summed E-state index contributed by atoms with van der Waals surface area (Å²) in [5.41, 5.74) is 14.8. The zero-order chi connectivity index (χ0) is 103. The van der Waals surface area contributed by atoms with Crippen molar-refractivity contribution in [3.05, 3.63) is 224 Å². The van der Waals surface area contributed by atoms with Gasteiger partial charge in [-0.25, -0.2) is 55.1 Å². The van der Waals surface area contributed by atoms with E-state index in [4.69, 9.17) is 9.84 Å². The summed E-state index contributed by atoms with van der Waals surface area (Å²) in [5, 5.41) is 18.3. The monoisotopic (exact) mass is 2130 g/mol. The van der Waals surface area contributed by atoms with Gasteiger partial charge in [0.25, 0.3) is 23.6 Å². The number of benzene rings is 4. The van der Waals surface area contributed by atoms with Gasteiger partial charge in [-0.15, -0.1) is 0 Å². The second-order valence-electron chi connectivity index (χ2n) is 37.7. The first-order valence-corrected chi connectivity index (χ1v) is 55.0. The van der Waals surface area contributed by atoms with E-state index in [1.165, 1.54) is 29.2 Å². The van der Waals surface area contributed by atoms with E-state index in [-0.39, 0.29) is 217 Å². The number of anilines is 3. The van der Waals surface area contributed by atoms with Gasteiger partial charge in [-0.2, -0.15) is 4.58 Å². The van der Waals surface area contributed by atoms with E-state index >= 15 is 0 Å². The molecule has 0 saturated heterocycles. The first kappa shape index (κ1) is 125. The van der Waals surface area contributed by atoms with E-state index in [9.17, 15) is 112 Å². The van der Waals surface area contributed by atoms with Crippen LogP contribution in [-0.4, -0.2) is 261 Å². The molecule has 5 amide bonds. The number of allylic oxidation sites excluding steroid dienone is 15. The number of carbonyl (C=O) groups is 6. The summed E-state index contributed by atoms with van der Waals surface area (Å²) in [4.78, 5) is 78.1. The van der Waals surface area contributed by atoms with Gasteiger partial charge >= 0.3 is 124 Å². The molecule has 2 N–H and O–H groups in total. The molecule has 2 aliphatic carbocycles. The van der Waals surface area contributed by atoms with E-state index < -0.39 is 130 Å². The van der Waals surface area contributed by atoms with Crippen LogP contribution in [0.2, 0.25) is 0 Å². The number of hydrogen-bond acceptors (Lipinski definition) is 29. The number of carbonyl (C=O) groups excluding carboxylic acids is 5. The average molecular weight is 2130 g/mol. The maximum Gasteiger partial charge on any atom is 1.00 e. The van der Waals surface area contributed by atoms with E-state index in [1.807, 2.05) is 111 Å². The fourth-order valence-electron chi connectivity index (χ4n) is 18.8. The van der Waals surface area contributed by atoms with Crippen LogP contribution in [0, 0.1) is 13.8 Å². The quantitative estimate of drug-likeness (QED) is 0.0161. The molecular weight excluding hydrogens is 2010 g/mol. The van der Waals surface area contributed by atoms with Crippen molar-refractivity contribution in [3.8, 4) is 0 Å². The number of likely N-dealkylation sites (N-methyl/N-ethyl adjacent to an activating group) is 2. The van der Waals surface area contributed by atoms with Crippen LogP contribution in [-0.2, 0) is 116 Å². The number of nitrogens with zero attached hydrogens (tertiary/aromatic N) is 8. The molecule has 0 unspecified atom stereocenters. The summed E-state index contributed by atoms with van der Waals surface area (Å²) in [6, 6.07) is 21.0. The minimum atomic E-state index is -4.80. The Morgan fingerprint density at radius 1 is 0.462 bits per heavy atom. The fraction of sp³-hybridized carbons (Fsp3) is 0.469. The van der Waals surface area contributed by atoms with Crippen LogP contribution in [0.4, 0.5) is 22.7 Å². The number of hydrogen-bond donors (Lipinski definition) is 2. The van der Waals surface area contributed by atoms with Crippen molar-refractivity contribution in [2.24, 2.45) is 0 Å². The molecule has 4 aromatic rings. The molecule has 0 bridgehead atoms. The first-order chi connectivity index (χ1) is 64.7. The van der Waals surface area contributed by atoms with Crippen LogP contribution in [0.1, 0.15) is 192 Å². The Morgan fingerprint density at radius 3 is 1.24 bits per heavy atom. The number of aliphatic hydroxyl groups excluding tert-OH is 1. The molecule has 1 fully saturated rings. The van der Waals surface area contributed by atoms with Crippen LogP contribution in [0.25, 0.3) is 0 Å². The number of amides is 5. The molecule has 0 radical (unpaired) electrons. The Morgan fingerprint density at radius 2 is 0.832 bits per heavy atom. The molecule has 0 spiro atoms. The second-order valence-corrected chi connectivity index (χ2v) is 46.5. The Balaban J connectivity index is 0.000000385. The fourth-order valence-corrected chi connectivity index (χ4v) is 22.0. The molecule has 1 saturated carbocycles. The van der Waals surface area contributed by atoms with Crippen molar-refractivity contribution < 1.29 is 249 Å². The number of aliphatic carboxylic acids is 1. The molecule has 12 rings (SSSR count). The van der Waals surface area contributed by atoms with Crippen molar-refractivity contribution in [2.75, 3.05) is 117 Å². The summed E-state index contributed by atoms with van der Waals surface area (Å²) in [6.07, 6.45) is 27.2. The number of aryl methyl sites for hydroxylation is 2. The predicted molar refractivity (Wildman–Crippen MR) is 518 cm³/mol.